The number of carbonyl (C=O) groups is 1. The van der Waals surface area contributed by atoms with Crippen LogP contribution in [0.5, 0.6) is 0 Å². The Morgan fingerprint density at radius 2 is 1.75 bits per heavy atom. The summed E-state index contributed by atoms with van der Waals surface area (Å²) in [5.74, 6) is -0.898. The lowest BCUT2D eigenvalue weighted by Gasteiger charge is -2.03. The second kappa shape index (κ2) is 4.72. The molecule has 0 unspecified atom stereocenters. The SMILES string of the molecule is O=Cc1c(-c2ccc(F)cc2Cl)[nH]c2ccc(F)cc12. The Balaban J connectivity index is 2.33. The molecule has 0 atom stereocenters. The zero-order valence-electron chi connectivity index (χ0n) is 10.1. The number of hydrogen-bond donors (Lipinski definition) is 1. The summed E-state index contributed by atoms with van der Waals surface area (Å²) in [7, 11) is 0. The third kappa shape index (κ3) is 1.98. The molecular weight excluding hydrogens is 284 g/mol. The van der Waals surface area contributed by atoms with Crippen LogP contribution >= 0.6 is 11.6 Å². The molecule has 0 radical (unpaired) electrons. The Hall–Kier alpha value is -2.20. The molecule has 1 aromatic heterocycles. The molecule has 1 heterocycles. The first-order valence-electron chi connectivity index (χ1n) is 5.82. The largest absolute Gasteiger partial charge is 0.354 e. The van der Waals surface area contributed by atoms with Crippen LogP contribution in [0.3, 0.4) is 0 Å². The van der Waals surface area contributed by atoms with Gasteiger partial charge in [0.05, 0.1) is 10.7 Å². The smallest absolute Gasteiger partial charge is 0.152 e. The maximum atomic E-state index is 13.3. The van der Waals surface area contributed by atoms with Crippen LogP contribution in [0.15, 0.2) is 36.4 Å². The second-order valence-electron chi connectivity index (χ2n) is 4.35. The summed E-state index contributed by atoms with van der Waals surface area (Å²) in [5.41, 5.74) is 1.86. The van der Waals surface area contributed by atoms with Crippen molar-refractivity contribution >= 4 is 28.8 Å². The molecule has 5 heteroatoms. The molecule has 3 aromatic rings. The molecule has 0 spiro atoms. The van der Waals surface area contributed by atoms with E-state index in [9.17, 15) is 13.6 Å². The molecule has 0 amide bonds. The first-order valence-corrected chi connectivity index (χ1v) is 6.20. The number of halogens is 3. The van der Waals surface area contributed by atoms with E-state index in [1.54, 1.807) is 6.07 Å². The number of nitrogens with one attached hydrogen (secondary N) is 1. The molecule has 2 nitrogen and oxygen atoms in total. The van der Waals surface area contributed by atoms with Gasteiger partial charge in [-0.3, -0.25) is 4.79 Å². The highest BCUT2D eigenvalue weighted by atomic mass is 35.5. The Morgan fingerprint density at radius 1 is 1.05 bits per heavy atom. The van der Waals surface area contributed by atoms with E-state index < -0.39 is 11.6 Å². The number of fused-ring (bicyclic) bond motifs is 1. The summed E-state index contributed by atoms with van der Waals surface area (Å²) in [5, 5.41) is 0.649. The van der Waals surface area contributed by atoms with Crippen LogP contribution in [0.4, 0.5) is 8.78 Å². The van der Waals surface area contributed by atoms with Crippen molar-refractivity contribution in [2.24, 2.45) is 0 Å². The Morgan fingerprint density at radius 3 is 2.45 bits per heavy atom. The molecule has 20 heavy (non-hydrogen) atoms. The van der Waals surface area contributed by atoms with Crippen molar-refractivity contribution in [3.63, 3.8) is 0 Å². The van der Waals surface area contributed by atoms with Gasteiger partial charge in [-0.15, -0.1) is 0 Å². The maximum absolute atomic E-state index is 13.3. The number of rotatable bonds is 2. The summed E-state index contributed by atoms with van der Waals surface area (Å²) in [4.78, 5) is 14.3. The van der Waals surface area contributed by atoms with Crippen molar-refractivity contribution in [1.82, 2.24) is 4.98 Å². The van der Waals surface area contributed by atoms with Gasteiger partial charge >= 0.3 is 0 Å². The Bertz CT molecular complexity index is 826. The highest BCUT2D eigenvalue weighted by Gasteiger charge is 2.15. The van der Waals surface area contributed by atoms with E-state index in [4.69, 9.17) is 11.6 Å². The molecule has 0 bridgehead atoms. The monoisotopic (exact) mass is 291 g/mol. The van der Waals surface area contributed by atoms with Gasteiger partial charge in [0.1, 0.15) is 11.6 Å². The molecule has 0 fully saturated rings. The summed E-state index contributed by atoms with van der Waals surface area (Å²) < 4.78 is 26.4. The van der Waals surface area contributed by atoms with Crippen molar-refractivity contribution in [2.75, 3.05) is 0 Å². The quantitative estimate of drug-likeness (QED) is 0.689. The average molecular weight is 292 g/mol. The van der Waals surface area contributed by atoms with Crippen molar-refractivity contribution in [3.8, 4) is 11.3 Å². The fourth-order valence-corrected chi connectivity index (χ4v) is 2.47. The zero-order chi connectivity index (χ0) is 14.3. The Labute approximate surface area is 118 Å². The molecular formula is C15H8ClF2NO. The minimum Gasteiger partial charge on any atom is -0.354 e. The van der Waals surface area contributed by atoms with Gasteiger partial charge in [0.25, 0.3) is 0 Å². The Kier molecular flexibility index (Phi) is 3.03. The van der Waals surface area contributed by atoms with Gasteiger partial charge < -0.3 is 4.98 Å². The van der Waals surface area contributed by atoms with Crippen LogP contribution < -0.4 is 0 Å². The normalized spacial score (nSPS) is 10.9. The third-order valence-electron chi connectivity index (χ3n) is 3.12. The van der Waals surface area contributed by atoms with Gasteiger partial charge in [0.2, 0.25) is 0 Å². The molecule has 0 saturated carbocycles. The van der Waals surface area contributed by atoms with Gasteiger partial charge in [0.15, 0.2) is 6.29 Å². The average Bonchev–Trinajstić information content (AvgIpc) is 2.76. The van der Waals surface area contributed by atoms with Gasteiger partial charge in [-0.25, -0.2) is 8.78 Å². The topological polar surface area (TPSA) is 32.9 Å². The van der Waals surface area contributed by atoms with Crippen molar-refractivity contribution in [2.45, 2.75) is 0 Å². The lowest BCUT2D eigenvalue weighted by Crippen LogP contribution is -1.87. The van der Waals surface area contributed by atoms with E-state index >= 15 is 0 Å². The molecule has 2 aromatic carbocycles. The van der Waals surface area contributed by atoms with Crippen LogP contribution in [0.25, 0.3) is 22.2 Å². The fraction of sp³-hybridized carbons (Fsp3) is 0. The van der Waals surface area contributed by atoms with E-state index in [1.165, 1.54) is 24.3 Å². The number of aromatic amines is 1. The zero-order valence-corrected chi connectivity index (χ0v) is 10.8. The summed E-state index contributed by atoms with van der Waals surface area (Å²) in [6, 6.07) is 8.00. The summed E-state index contributed by atoms with van der Waals surface area (Å²) >= 11 is 6.00. The van der Waals surface area contributed by atoms with E-state index in [1.807, 2.05) is 0 Å². The third-order valence-corrected chi connectivity index (χ3v) is 3.43. The van der Waals surface area contributed by atoms with Gasteiger partial charge in [0, 0.05) is 22.0 Å². The van der Waals surface area contributed by atoms with Crippen LogP contribution in [0, 0.1) is 11.6 Å². The minimum atomic E-state index is -0.464. The molecule has 100 valence electrons. The molecule has 0 saturated heterocycles. The number of hydrogen-bond acceptors (Lipinski definition) is 1. The van der Waals surface area contributed by atoms with Gasteiger partial charge in [-0.2, -0.15) is 0 Å². The van der Waals surface area contributed by atoms with Crippen molar-refractivity contribution in [3.05, 3.63) is 58.6 Å². The fourth-order valence-electron chi connectivity index (χ4n) is 2.21. The molecule has 0 aliphatic rings. The van der Waals surface area contributed by atoms with E-state index in [0.29, 0.717) is 34.0 Å². The predicted molar refractivity (Wildman–Crippen MR) is 74.0 cm³/mol. The molecule has 1 N–H and O–H groups in total. The number of H-pyrrole nitrogens is 1. The number of benzene rings is 2. The summed E-state index contributed by atoms with van der Waals surface area (Å²) in [6.45, 7) is 0. The predicted octanol–water partition coefficient (Wildman–Crippen LogP) is 4.58. The number of aromatic nitrogens is 1. The molecule has 0 aliphatic heterocycles. The highest BCUT2D eigenvalue weighted by molar-refractivity contribution is 6.33. The van der Waals surface area contributed by atoms with Crippen LogP contribution in [0.1, 0.15) is 10.4 Å². The van der Waals surface area contributed by atoms with E-state index in [2.05, 4.69) is 4.98 Å². The standard InChI is InChI=1S/C15H8ClF2NO/c16-13-6-9(18)1-3-10(13)15-12(7-20)11-5-8(17)2-4-14(11)19-15/h1-7,19H. The lowest BCUT2D eigenvalue weighted by atomic mass is 10.1. The lowest BCUT2D eigenvalue weighted by molar-refractivity contribution is 0.112. The minimum absolute atomic E-state index is 0.181. The first-order chi connectivity index (χ1) is 9.60. The van der Waals surface area contributed by atoms with Gasteiger partial charge in [-0.1, -0.05) is 11.6 Å². The van der Waals surface area contributed by atoms with Crippen LogP contribution in [-0.2, 0) is 0 Å². The van der Waals surface area contributed by atoms with Gasteiger partial charge in [-0.05, 0) is 36.4 Å². The maximum Gasteiger partial charge on any atom is 0.152 e. The van der Waals surface area contributed by atoms with E-state index in [-0.39, 0.29) is 5.02 Å². The second-order valence-corrected chi connectivity index (χ2v) is 4.75. The molecule has 3 rings (SSSR count). The number of carbonyl (C=O) groups excluding carboxylic acids is 1. The first kappa shape index (κ1) is 12.8. The highest BCUT2D eigenvalue weighted by Crippen LogP contribution is 2.34. The summed E-state index contributed by atoms with van der Waals surface area (Å²) in [6.07, 6.45) is 0.632. The number of aldehydes is 1. The van der Waals surface area contributed by atoms with Crippen molar-refractivity contribution in [1.29, 1.82) is 0 Å². The molecule has 0 aliphatic carbocycles. The van der Waals surface area contributed by atoms with E-state index in [0.717, 1.165) is 6.07 Å². The van der Waals surface area contributed by atoms with Crippen LogP contribution in [-0.4, -0.2) is 11.3 Å². The van der Waals surface area contributed by atoms with Crippen LogP contribution in [0.2, 0.25) is 5.02 Å². The van der Waals surface area contributed by atoms with Crippen molar-refractivity contribution < 1.29 is 13.6 Å².